The zero-order valence-corrected chi connectivity index (χ0v) is 21.0. The fourth-order valence-electron chi connectivity index (χ4n) is 5.28. The molecule has 10 nitrogen and oxygen atoms in total. The van der Waals surface area contributed by atoms with Crippen molar-refractivity contribution in [2.24, 2.45) is 7.05 Å². The number of nitrogens with one attached hydrogen (secondary N) is 2. The van der Waals surface area contributed by atoms with E-state index < -0.39 is 0 Å². The quantitative estimate of drug-likeness (QED) is 0.534. The van der Waals surface area contributed by atoms with Gasteiger partial charge in [0.15, 0.2) is 12.1 Å². The first-order chi connectivity index (χ1) is 17.6. The van der Waals surface area contributed by atoms with E-state index in [4.69, 9.17) is 14.8 Å². The summed E-state index contributed by atoms with van der Waals surface area (Å²) >= 11 is 0. The zero-order valence-electron chi connectivity index (χ0n) is 21.0. The van der Waals surface area contributed by atoms with E-state index in [2.05, 4.69) is 38.6 Å². The summed E-state index contributed by atoms with van der Waals surface area (Å²) in [4.78, 5) is 18.7. The van der Waals surface area contributed by atoms with Gasteiger partial charge in [-0.2, -0.15) is 10.1 Å². The number of benzene rings is 1. The van der Waals surface area contributed by atoms with Crippen LogP contribution in [0.5, 0.6) is 0 Å². The number of hydrogen-bond donors (Lipinski definition) is 2. The Labute approximate surface area is 210 Å². The first-order valence-electron chi connectivity index (χ1n) is 13.1. The number of nitrogens with zero attached hydrogens (tertiary/aromatic N) is 6. The second-order valence-electron chi connectivity index (χ2n) is 9.91. The lowest BCUT2D eigenvalue weighted by atomic mass is 10.0. The maximum absolute atomic E-state index is 12.1. The lowest BCUT2D eigenvalue weighted by molar-refractivity contribution is -0.0366. The summed E-state index contributed by atoms with van der Waals surface area (Å²) in [6.45, 7) is 4.59. The van der Waals surface area contributed by atoms with Gasteiger partial charge in [0.25, 0.3) is 0 Å². The number of amides is 2. The average Bonchev–Trinajstić information content (AvgIpc) is 3.55. The maximum atomic E-state index is 12.1. The third kappa shape index (κ3) is 4.34. The molecule has 1 saturated heterocycles. The molecule has 4 heterocycles. The molecule has 190 valence electrons. The summed E-state index contributed by atoms with van der Waals surface area (Å²) in [6, 6.07) is 4.27. The highest BCUT2D eigenvalue weighted by molar-refractivity contribution is 5.89. The monoisotopic (exact) mass is 490 g/mol. The Kier molecular flexibility index (Phi) is 6.12. The highest BCUT2D eigenvalue weighted by Gasteiger charge is 2.31. The minimum atomic E-state index is -0.0227. The highest BCUT2D eigenvalue weighted by Crippen LogP contribution is 2.47. The Morgan fingerprint density at radius 3 is 2.83 bits per heavy atom. The minimum Gasteiger partial charge on any atom is -0.356 e. The molecule has 1 atom stereocenters. The van der Waals surface area contributed by atoms with Crippen LogP contribution in [0.3, 0.4) is 0 Å². The van der Waals surface area contributed by atoms with E-state index in [-0.39, 0.29) is 12.3 Å². The topological polar surface area (TPSA) is 102 Å². The minimum absolute atomic E-state index is 0.0227. The van der Waals surface area contributed by atoms with Crippen LogP contribution in [0.25, 0.3) is 16.5 Å². The number of hydrogen-bond acceptors (Lipinski definition) is 6. The predicted molar refractivity (Wildman–Crippen MR) is 138 cm³/mol. The molecular weight excluding hydrogens is 456 g/mol. The second kappa shape index (κ2) is 9.57. The van der Waals surface area contributed by atoms with Gasteiger partial charge in [0.05, 0.1) is 11.7 Å². The molecular formula is C26H34N8O2. The predicted octanol–water partition coefficient (Wildman–Crippen LogP) is 4.30. The lowest BCUT2D eigenvalue weighted by Gasteiger charge is -2.25. The molecule has 1 unspecified atom stereocenters. The number of rotatable bonds is 6. The fraction of sp³-hybridized carbons (Fsp3) is 0.538. The number of anilines is 2. The van der Waals surface area contributed by atoms with Gasteiger partial charge in [-0.05, 0) is 74.6 Å². The number of fused-ring (bicyclic) bond motifs is 1. The Morgan fingerprint density at radius 2 is 2.11 bits per heavy atom. The lowest BCUT2D eigenvalue weighted by Crippen LogP contribution is -2.42. The standard InChI is InChI=1S/C26H34N8O2/c1-3-27-26(35)33-13-11-18(12-14-33)24-30-25(32(2)31-24)29-20-9-10-21-19(23(20)17-7-8-17)16-28-34(21)22-6-4-5-15-36-22/h9-11,16-17,22H,3-8,12-15H2,1-2H3,(H,27,35)(H,29,30,31). The van der Waals surface area contributed by atoms with Crippen LogP contribution in [-0.4, -0.2) is 61.7 Å². The van der Waals surface area contributed by atoms with Gasteiger partial charge in [-0.3, -0.25) is 0 Å². The Balaban J connectivity index is 1.25. The van der Waals surface area contributed by atoms with E-state index in [1.54, 1.807) is 4.68 Å². The number of ether oxygens (including phenoxy) is 1. The van der Waals surface area contributed by atoms with Crippen LogP contribution < -0.4 is 10.6 Å². The van der Waals surface area contributed by atoms with Crippen molar-refractivity contribution in [1.29, 1.82) is 0 Å². The van der Waals surface area contributed by atoms with Gasteiger partial charge in [0.2, 0.25) is 5.95 Å². The molecule has 6 rings (SSSR count). The molecule has 3 aliphatic rings. The molecule has 3 aromatic rings. The number of aromatic nitrogens is 5. The van der Waals surface area contributed by atoms with E-state index in [1.165, 1.54) is 30.2 Å². The largest absolute Gasteiger partial charge is 0.356 e. The van der Waals surface area contributed by atoms with Crippen molar-refractivity contribution in [2.75, 3.05) is 31.6 Å². The van der Waals surface area contributed by atoms with Gasteiger partial charge in [0.1, 0.15) is 0 Å². The Bertz CT molecular complexity index is 1300. The smallest absolute Gasteiger partial charge is 0.317 e. The van der Waals surface area contributed by atoms with Crippen molar-refractivity contribution in [3.05, 3.63) is 35.8 Å². The summed E-state index contributed by atoms with van der Waals surface area (Å²) in [7, 11) is 1.91. The van der Waals surface area contributed by atoms with Gasteiger partial charge in [0, 0.05) is 44.4 Å². The van der Waals surface area contributed by atoms with Gasteiger partial charge in [-0.25, -0.2) is 14.2 Å². The number of urea groups is 1. The van der Waals surface area contributed by atoms with Crippen molar-refractivity contribution in [2.45, 2.75) is 57.6 Å². The summed E-state index contributed by atoms with van der Waals surface area (Å²) in [5.41, 5.74) is 4.59. The van der Waals surface area contributed by atoms with Crippen molar-refractivity contribution >= 4 is 34.1 Å². The van der Waals surface area contributed by atoms with E-state index in [0.29, 0.717) is 37.3 Å². The van der Waals surface area contributed by atoms with Gasteiger partial charge in [-0.15, -0.1) is 5.10 Å². The van der Waals surface area contributed by atoms with E-state index in [0.717, 1.165) is 42.6 Å². The molecule has 2 amide bonds. The molecule has 36 heavy (non-hydrogen) atoms. The maximum Gasteiger partial charge on any atom is 0.317 e. The second-order valence-corrected chi connectivity index (χ2v) is 9.91. The molecule has 0 bridgehead atoms. The third-order valence-electron chi connectivity index (χ3n) is 7.36. The van der Waals surface area contributed by atoms with Gasteiger partial charge >= 0.3 is 6.03 Å². The average molecular weight is 491 g/mol. The Hall–Kier alpha value is -3.40. The molecule has 2 aliphatic heterocycles. The molecule has 1 aliphatic carbocycles. The van der Waals surface area contributed by atoms with Crippen LogP contribution in [0, 0.1) is 0 Å². The van der Waals surface area contributed by atoms with Crippen LogP contribution in [-0.2, 0) is 11.8 Å². The molecule has 0 spiro atoms. The number of aryl methyl sites for hydroxylation is 1. The van der Waals surface area contributed by atoms with Crippen LogP contribution >= 0.6 is 0 Å². The highest BCUT2D eigenvalue weighted by atomic mass is 16.5. The van der Waals surface area contributed by atoms with Crippen LogP contribution in [0.15, 0.2) is 24.4 Å². The van der Waals surface area contributed by atoms with Crippen LogP contribution in [0.2, 0.25) is 0 Å². The summed E-state index contributed by atoms with van der Waals surface area (Å²) in [5.74, 6) is 1.96. The van der Waals surface area contributed by atoms with Crippen LogP contribution in [0.4, 0.5) is 16.4 Å². The molecule has 2 N–H and O–H groups in total. The molecule has 0 radical (unpaired) electrons. The van der Waals surface area contributed by atoms with E-state index in [1.807, 2.05) is 25.1 Å². The van der Waals surface area contributed by atoms with Crippen molar-refractivity contribution in [1.82, 2.24) is 34.8 Å². The number of carbonyl (C=O) groups is 1. The van der Waals surface area contributed by atoms with E-state index >= 15 is 0 Å². The first-order valence-corrected chi connectivity index (χ1v) is 13.1. The van der Waals surface area contributed by atoms with Crippen molar-refractivity contribution in [3.8, 4) is 0 Å². The molecule has 1 aromatic carbocycles. The molecule has 1 saturated carbocycles. The summed E-state index contributed by atoms with van der Waals surface area (Å²) in [6.07, 6.45) is 10.5. The normalized spacial score (nSPS) is 20.4. The van der Waals surface area contributed by atoms with E-state index in [9.17, 15) is 4.79 Å². The SMILES string of the molecule is CCNC(=O)N1CC=C(c2nc(Nc3ccc4c(cnn4C4CCCCO4)c3C3CC3)n(C)n2)CC1. The van der Waals surface area contributed by atoms with Crippen molar-refractivity contribution < 1.29 is 9.53 Å². The number of carbonyl (C=O) groups excluding carboxylic acids is 1. The molecule has 2 fully saturated rings. The molecule has 2 aromatic heterocycles. The van der Waals surface area contributed by atoms with Crippen LogP contribution in [0.1, 0.15) is 69.0 Å². The summed E-state index contributed by atoms with van der Waals surface area (Å²) < 4.78 is 9.87. The Morgan fingerprint density at radius 1 is 1.22 bits per heavy atom. The zero-order chi connectivity index (χ0) is 24.6. The first kappa shape index (κ1) is 23.0. The third-order valence-corrected chi connectivity index (χ3v) is 7.36. The van der Waals surface area contributed by atoms with Gasteiger partial charge < -0.3 is 20.3 Å². The fourth-order valence-corrected chi connectivity index (χ4v) is 5.28. The van der Waals surface area contributed by atoms with Crippen molar-refractivity contribution in [3.63, 3.8) is 0 Å². The molecule has 10 heteroatoms. The summed E-state index contributed by atoms with van der Waals surface area (Å²) in [5, 5.41) is 17.0. The van der Waals surface area contributed by atoms with Gasteiger partial charge in [-0.1, -0.05) is 6.08 Å².